The maximum atomic E-state index is 6.00. The maximum Gasteiger partial charge on any atom is 0.184 e. The van der Waals surface area contributed by atoms with Gasteiger partial charge in [0.15, 0.2) is 8.32 Å². The third kappa shape index (κ3) is 4.63. The summed E-state index contributed by atoms with van der Waals surface area (Å²) in [6.45, 7) is 10.5. The number of hydrogen-bond donors (Lipinski definition) is 0. The molecule has 1 fully saturated rings. The topological polar surface area (TPSA) is 9.23 Å². The van der Waals surface area contributed by atoms with Gasteiger partial charge in [0.05, 0.1) is 0 Å². The van der Waals surface area contributed by atoms with E-state index in [0.717, 1.165) is 12.3 Å². The highest BCUT2D eigenvalue weighted by Gasteiger charge is 2.39. The number of allylic oxidation sites excluding steroid dienone is 1. The first kappa shape index (κ1) is 11.0. The van der Waals surface area contributed by atoms with Gasteiger partial charge in [-0.1, -0.05) is 6.08 Å². The predicted octanol–water partition coefficient (Wildman–Crippen LogP) is 3.58. The van der Waals surface area contributed by atoms with Crippen LogP contribution in [0.1, 0.15) is 25.7 Å². The van der Waals surface area contributed by atoms with Crippen molar-refractivity contribution < 1.29 is 4.43 Å². The van der Waals surface area contributed by atoms with Gasteiger partial charge < -0.3 is 4.43 Å². The molecule has 1 nitrogen and oxygen atoms in total. The molecule has 2 heteroatoms. The standard InChI is InChI=1S/C11H22OSi/c1-5-6-7-8-10-9-11(10)12-13(2,3)4/h5,10-11H,1,6-9H2,2-4H3/t10-,11-/m1/s1. The van der Waals surface area contributed by atoms with Gasteiger partial charge in [-0.25, -0.2) is 0 Å². The smallest absolute Gasteiger partial charge is 0.184 e. The van der Waals surface area contributed by atoms with Gasteiger partial charge in [0.1, 0.15) is 0 Å². The fourth-order valence-electron chi connectivity index (χ4n) is 1.65. The third-order valence-corrected chi connectivity index (χ3v) is 3.36. The summed E-state index contributed by atoms with van der Waals surface area (Å²) in [5.41, 5.74) is 0. The molecular weight excluding hydrogens is 176 g/mol. The zero-order valence-corrected chi connectivity index (χ0v) is 10.2. The van der Waals surface area contributed by atoms with Gasteiger partial charge in [-0.15, -0.1) is 6.58 Å². The van der Waals surface area contributed by atoms with Crippen molar-refractivity contribution in [3.8, 4) is 0 Å². The molecule has 0 heterocycles. The molecule has 0 spiro atoms. The van der Waals surface area contributed by atoms with Crippen molar-refractivity contribution >= 4 is 8.32 Å². The highest BCUT2D eigenvalue weighted by molar-refractivity contribution is 6.69. The lowest BCUT2D eigenvalue weighted by molar-refractivity contribution is 0.274. The lowest BCUT2D eigenvalue weighted by Crippen LogP contribution is -2.27. The van der Waals surface area contributed by atoms with E-state index in [2.05, 4.69) is 26.2 Å². The van der Waals surface area contributed by atoms with Crippen molar-refractivity contribution in [2.75, 3.05) is 0 Å². The van der Waals surface area contributed by atoms with Crippen molar-refractivity contribution in [3.63, 3.8) is 0 Å². The average Bonchev–Trinajstić information content (AvgIpc) is 2.65. The summed E-state index contributed by atoms with van der Waals surface area (Å²) in [6, 6.07) is 0. The van der Waals surface area contributed by atoms with Crippen molar-refractivity contribution in [3.05, 3.63) is 12.7 Å². The summed E-state index contributed by atoms with van der Waals surface area (Å²) >= 11 is 0. The van der Waals surface area contributed by atoms with E-state index >= 15 is 0 Å². The monoisotopic (exact) mass is 198 g/mol. The average molecular weight is 198 g/mol. The molecule has 1 aliphatic carbocycles. The van der Waals surface area contributed by atoms with Gasteiger partial charge in [-0.2, -0.15) is 0 Å². The fourth-order valence-corrected chi connectivity index (χ4v) is 2.84. The van der Waals surface area contributed by atoms with E-state index in [1.54, 1.807) is 0 Å². The molecule has 1 aliphatic rings. The van der Waals surface area contributed by atoms with Crippen LogP contribution in [0.4, 0.5) is 0 Å². The van der Waals surface area contributed by atoms with E-state index in [1.807, 2.05) is 6.08 Å². The second-order valence-corrected chi connectivity index (χ2v) is 9.44. The molecule has 1 saturated carbocycles. The molecule has 0 amide bonds. The van der Waals surface area contributed by atoms with Crippen molar-refractivity contribution in [1.82, 2.24) is 0 Å². The zero-order valence-electron chi connectivity index (χ0n) is 9.18. The highest BCUT2D eigenvalue weighted by Crippen LogP contribution is 2.39. The molecule has 2 atom stereocenters. The van der Waals surface area contributed by atoms with E-state index in [-0.39, 0.29) is 0 Å². The van der Waals surface area contributed by atoms with Crippen LogP contribution in [-0.4, -0.2) is 14.4 Å². The molecular formula is C11H22OSi. The molecule has 0 N–H and O–H groups in total. The van der Waals surface area contributed by atoms with E-state index in [0.29, 0.717) is 6.10 Å². The first-order valence-corrected chi connectivity index (χ1v) is 8.72. The van der Waals surface area contributed by atoms with Gasteiger partial charge in [0.25, 0.3) is 0 Å². The molecule has 0 aromatic heterocycles. The summed E-state index contributed by atoms with van der Waals surface area (Å²) in [7, 11) is -1.27. The van der Waals surface area contributed by atoms with E-state index < -0.39 is 8.32 Å². The van der Waals surface area contributed by atoms with Crippen LogP contribution in [0.25, 0.3) is 0 Å². The first-order chi connectivity index (χ1) is 6.03. The molecule has 13 heavy (non-hydrogen) atoms. The van der Waals surface area contributed by atoms with Crippen molar-refractivity contribution in [2.24, 2.45) is 5.92 Å². The highest BCUT2D eigenvalue weighted by atomic mass is 28.4. The Labute approximate surface area is 83.3 Å². The number of unbranched alkanes of at least 4 members (excludes halogenated alkanes) is 1. The summed E-state index contributed by atoms with van der Waals surface area (Å²) in [5.74, 6) is 0.867. The molecule has 1 rings (SSSR count). The molecule has 76 valence electrons. The minimum absolute atomic E-state index is 0.608. The zero-order chi connectivity index (χ0) is 9.90. The predicted molar refractivity (Wildman–Crippen MR) is 60.4 cm³/mol. The molecule has 0 aliphatic heterocycles. The summed E-state index contributed by atoms with van der Waals surface area (Å²) in [5, 5.41) is 0. The number of hydrogen-bond acceptors (Lipinski definition) is 1. The van der Waals surface area contributed by atoms with Crippen LogP contribution in [-0.2, 0) is 4.43 Å². The maximum absolute atomic E-state index is 6.00. The van der Waals surface area contributed by atoms with Crippen LogP contribution >= 0.6 is 0 Å². The van der Waals surface area contributed by atoms with Gasteiger partial charge in [-0.3, -0.25) is 0 Å². The number of rotatable bonds is 6. The van der Waals surface area contributed by atoms with Crippen molar-refractivity contribution in [1.29, 1.82) is 0 Å². The van der Waals surface area contributed by atoms with Gasteiger partial charge in [0, 0.05) is 6.10 Å². The second-order valence-electron chi connectivity index (χ2n) is 4.98. The van der Waals surface area contributed by atoms with E-state index in [4.69, 9.17) is 4.43 Å². The van der Waals surface area contributed by atoms with Crippen LogP contribution in [0.5, 0.6) is 0 Å². The van der Waals surface area contributed by atoms with Gasteiger partial charge in [0.2, 0.25) is 0 Å². The van der Waals surface area contributed by atoms with Crippen LogP contribution < -0.4 is 0 Å². The van der Waals surface area contributed by atoms with Crippen LogP contribution in [0, 0.1) is 5.92 Å². The lowest BCUT2D eigenvalue weighted by atomic mass is 10.2. The Balaban J connectivity index is 2.06. The Hall–Kier alpha value is -0.0831. The van der Waals surface area contributed by atoms with Crippen molar-refractivity contribution in [2.45, 2.75) is 51.4 Å². The van der Waals surface area contributed by atoms with Gasteiger partial charge >= 0.3 is 0 Å². The lowest BCUT2D eigenvalue weighted by Gasteiger charge is -2.17. The quantitative estimate of drug-likeness (QED) is 0.360. The first-order valence-electron chi connectivity index (χ1n) is 5.31. The Morgan fingerprint density at radius 3 is 2.69 bits per heavy atom. The summed E-state index contributed by atoms with van der Waals surface area (Å²) < 4.78 is 6.00. The molecule has 0 aromatic rings. The largest absolute Gasteiger partial charge is 0.414 e. The molecule has 0 radical (unpaired) electrons. The Morgan fingerprint density at radius 2 is 2.15 bits per heavy atom. The Bertz CT molecular complexity index is 171. The Kier molecular flexibility index (Phi) is 3.74. The van der Waals surface area contributed by atoms with Crippen LogP contribution in [0.2, 0.25) is 19.6 Å². The van der Waals surface area contributed by atoms with Crippen LogP contribution in [0.15, 0.2) is 12.7 Å². The van der Waals surface area contributed by atoms with Crippen LogP contribution in [0.3, 0.4) is 0 Å². The second kappa shape index (κ2) is 4.42. The van der Waals surface area contributed by atoms with E-state index in [9.17, 15) is 0 Å². The fraction of sp³-hybridized carbons (Fsp3) is 0.818. The SMILES string of the molecule is C=CCCC[C@@H]1C[C@H]1O[Si](C)(C)C. The van der Waals surface area contributed by atoms with Gasteiger partial charge in [-0.05, 0) is 51.2 Å². The minimum atomic E-state index is -1.27. The summed E-state index contributed by atoms with van der Waals surface area (Å²) in [6.07, 6.45) is 7.71. The Morgan fingerprint density at radius 1 is 1.46 bits per heavy atom. The molecule has 0 bridgehead atoms. The third-order valence-electron chi connectivity index (χ3n) is 2.35. The molecule has 0 unspecified atom stereocenters. The van der Waals surface area contributed by atoms with E-state index in [1.165, 1.54) is 19.3 Å². The molecule has 0 aromatic carbocycles. The minimum Gasteiger partial charge on any atom is -0.414 e. The molecule has 0 saturated heterocycles. The normalized spacial score (nSPS) is 27.3. The summed E-state index contributed by atoms with van der Waals surface area (Å²) in [4.78, 5) is 0.